The van der Waals surface area contributed by atoms with Crippen molar-refractivity contribution < 1.29 is 23.5 Å². The average molecular weight is 418 g/mol. The molecule has 2 atom stereocenters. The SMILES string of the molecule is COC(=O)[C@H](CC(C)C)NC(=O)N1CCc2[nH]cnc2[C@H]1c1ccc(OC)cc1F. The predicted molar refractivity (Wildman–Crippen MR) is 108 cm³/mol. The summed E-state index contributed by atoms with van der Waals surface area (Å²) in [6, 6.07) is 2.52. The molecule has 2 amide bonds. The fraction of sp³-hybridized carbons (Fsp3) is 0.476. The van der Waals surface area contributed by atoms with E-state index in [0.717, 1.165) is 5.69 Å². The number of nitrogens with zero attached hydrogens (tertiary/aromatic N) is 2. The molecule has 1 aromatic heterocycles. The average Bonchev–Trinajstić information content (AvgIpc) is 3.20. The summed E-state index contributed by atoms with van der Waals surface area (Å²) in [6.45, 7) is 4.25. The molecule has 1 aliphatic rings. The number of nitrogens with one attached hydrogen (secondary N) is 2. The first-order valence-corrected chi connectivity index (χ1v) is 9.86. The van der Waals surface area contributed by atoms with E-state index in [1.807, 2.05) is 13.8 Å². The van der Waals surface area contributed by atoms with Crippen LogP contribution in [0.15, 0.2) is 24.5 Å². The lowest BCUT2D eigenvalue weighted by molar-refractivity contribution is -0.143. The number of carbonyl (C=O) groups is 2. The number of aromatic amines is 1. The minimum Gasteiger partial charge on any atom is -0.497 e. The Balaban J connectivity index is 1.94. The molecule has 9 heteroatoms. The Kier molecular flexibility index (Phi) is 6.59. The van der Waals surface area contributed by atoms with E-state index >= 15 is 0 Å². The van der Waals surface area contributed by atoms with Crippen LogP contribution in [0.3, 0.4) is 0 Å². The van der Waals surface area contributed by atoms with Crippen LogP contribution < -0.4 is 10.1 Å². The number of methoxy groups -OCH3 is 2. The molecule has 2 N–H and O–H groups in total. The van der Waals surface area contributed by atoms with Crippen LogP contribution in [0.25, 0.3) is 0 Å². The van der Waals surface area contributed by atoms with Crippen LogP contribution in [-0.4, -0.2) is 53.7 Å². The Bertz CT molecular complexity index is 914. The van der Waals surface area contributed by atoms with E-state index < -0.39 is 29.9 Å². The summed E-state index contributed by atoms with van der Waals surface area (Å²) in [5.74, 6) is -0.460. The second kappa shape index (κ2) is 9.15. The normalized spacial score (nSPS) is 16.7. The van der Waals surface area contributed by atoms with Crippen molar-refractivity contribution in [2.45, 2.75) is 38.8 Å². The molecular formula is C21H27FN4O4. The molecule has 2 heterocycles. The molecule has 1 aliphatic heterocycles. The molecule has 0 spiro atoms. The van der Waals surface area contributed by atoms with Crippen molar-refractivity contribution in [1.29, 1.82) is 0 Å². The van der Waals surface area contributed by atoms with Gasteiger partial charge in [0.2, 0.25) is 0 Å². The van der Waals surface area contributed by atoms with Gasteiger partial charge < -0.3 is 24.7 Å². The summed E-state index contributed by atoms with van der Waals surface area (Å²) in [7, 11) is 2.75. The Labute approximate surface area is 174 Å². The maximum Gasteiger partial charge on any atom is 0.328 e. The summed E-state index contributed by atoms with van der Waals surface area (Å²) < 4.78 is 24.9. The van der Waals surface area contributed by atoms with Crippen molar-refractivity contribution in [1.82, 2.24) is 20.2 Å². The molecule has 0 bridgehead atoms. The zero-order valence-electron chi connectivity index (χ0n) is 17.6. The number of esters is 1. The number of aromatic nitrogens is 2. The summed E-state index contributed by atoms with van der Waals surface area (Å²) >= 11 is 0. The monoisotopic (exact) mass is 418 g/mol. The summed E-state index contributed by atoms with van der Waals surface area (Å²) in [6.07, 6.45) is 2.52. The van der Waals surface area contributed by atoms with Crippen molar-refractivity contribution in [3.8, 4) is 5.75 Å². The van der Waals surface area contributed by atoms with Crippen molar-refractivity contribution in [2.75, 3.05) is 20.8 Å². The molecule has 0 fully saturated rings. The van der Waals surface area contributed by atoms with Gasteiger partial charge in [-0.05, 0) is 24.5 Å². The van der Waals surface area contributed by atoms with Crippen molar-refractivity contribution in [2.24, 2.45) is 5.92 Å². The highest BCUT2D eigenvalue weighted by atomic mass is 19.1. The van der Waals surface area contributed by atoms with Crippen LogP contribution in [0.4, 0.5) is 9.18 Å². The molecule has 8 nitrogen and oxygen atoms in total. The number of hydrogen-bond acceptors (Lipinski definition) is 5. The highest BCUT2D eigenvalue weighted by Gasteiger charge is 2.37. The number of fused-ring (bicyclic) bond motifs is 1. The third-order valence-corrected chi connectivity index (χ3v) is 5.18. The van der Waals surface area contributed by atoms with Crippen LogP contribution in [0.2, 0.25) is 0 Å². The number of rotatable bonds is 6. The van der Waals surface area contributed by atoms with Gasteiger partial charge in [0.1, 0.15) is 23.7 Å². The second-order valence-corrected chi connectivity index (χ2v) is 7.65. The standard InChI is InChI=1S/C21H27FN4O4/c1-12(2)9-17(20(27)30-4)25-21(28)26-8-7-16-18(24-11-23-16)19(26)14-6-5-13(29-3)10-15(14)22/h5-6,10-12,17,19H,7-9H2,1-4H3,(H,23,24)(H,25,28)/t17-,19+/m0/s1. The topological polar surface area (TPSA) is 96.6 Å². The van der Waals surface area contributed by atoms with Gasteiger partial charge in [-0.1, -0.05) is 13.8 Å². The third-order valence-electron chi connectivity index (χ3n) is 5.18. The molecular weight excluding hydrogens is 391 g/mol. The maximum absolute atomic E-state index is 14.9. The fourth-order valence-corrected chi connectivity index (χ4v) is 3.73. The Morgan fingerprint density at radius 3 is 2.77 bits per heavy atom. The minimum absolute atomic E-state index is 0.170. The zero-order valence-corrected chi connectivity index (χ0v) is 17.6. The molecule has 3 rings (SSSR count). The van der Waals surface area contributed by atoms with Crippen molar-refractivity contribution >= 4 is 12.0 Å². The first-order chi connectivity index (χ1) is 14.3. The number of carbonyl (C=O) groups excluding carboxylic acids is 2. The number of ether oxygens (including phenoxy) is 2. The van der Waals surface area contributed by atoms with Crippen molar-refractivity contribution in [3.63, 3.8) is 0 Å². The molecule has 0 saturated heterocycles. The number of hydrogen-bond donors (Lipinski definition) is 2. The van der Waals surface area contributed by atoms with E-state index in [9.17, 15) is 14.0 Å². The number of amides is 2. The summed E-state index contributed by atoms with van der Waals surface area (Å²) in [5, 5.41) is 2.76. The van der Waals surface area contributed by atoms with Crippen LogP contribution in [0.1, 0.15) is 43.3 Å². The first-order valence-electron chi connectivity index (χ1n) is 9.86. The van der Waals surface area contributed by atoms with Crippen LogP contribution in [0, 0.1) is 11.7 Å². The minimum atomic E-state index is -0.788. The first kappa shape index (κ1) is 21.6. The van der Waals surface area contributed by atoms with Gasteiger partial charge in [-0.15, -0.1) is 0 Å². The van der Waals surface area contributed by atoms with Crippen LogP contribution >= 0.6 is 0 Å². The second-order valence-electron chi connectivity index (χ2n) is 7.65. The molecule has 2 aromatic rings. The molecule has 0 saturated carbocycles. The van der Waals surface area contributed by atoms with Gasteiger partial charge in [0.15, 0.2) is 0 Å². The smallest absolute Gasteiger partial charge is 0.328 e. The predicted octanol–water partition coefficient (Wildman–Crippen LogP) is 2.80. The van der Waals surface area contributed by atoms with E-state index in [2.05, 4.69) is 15.3 Å². The largest absolute Gasteiger partial charge is 0.497 e. The molecule has 0 radical (unpaired) electrons. The highest BCUT2D eigenvalue weighted by molar-refractivity contribution is 5.84. The van der Waals surface area contributed by atoms with Crippen LogP contribution in [-0.2, 0) is 16.0 Å². The summed E-state index contributed by atoms with van der Waals surface area (Å²) in [5.41, 5.74) is 1.74. The molecule has 1 aromatic carbocycles. The Morgan fingerprint density at radius 2 is 2.13 bits per heavy atom. The molecule has 162 valence electrons. The van der Waals surface area contributed by atoms with E-state index in [4.69, 9.17) is 9.47 Å². The third kappa shape index (κ3) is 4.39. The summed E-state index contributed by atoms with van der Waals surface area (Å²) in [4.78, 5) is 34.2. The lowest BCUT2D eigenvalue weighted by atomic mass is 9.95. The molecule has 0 unspecified atom stereocenters. The van der Waals surface area contributed by atoms with E-state index in [-0.39, 0.29) is 5.92 Å². The van der Waals surface area contributed by atoms with E-state index in [1.54, 1.807) is 12.1 Å². The lowest BCUT2D eigenvalue weighted by Gasteiger charge is -2.36. The van der Waals surface area contributed by atoms with Gasteiger partial charge in [0.25, 0.3) is 0 Å². The van der Waals surface area contributed by atoms with Crippen molar-refractivity contribution in [3.05, 3.63) is 47.3 Å². The number of benzene rings is 1. The maximum atomic E-state index is 14.9. The lowest BCUT2D eigenvalue weighted by Crippen LogP contribution is -2.51. The fourth-order valence-electron chi connectivity index (χ4n) is 3.73. The molecule has 0 aliphatic carbocycles. The Hall–Kier alpha value is -3.10. The van der Waals surface area contributed by atoms with Gasteiger partial charge in [-0.25, -0.2) is 19.0 Å². The van der Waals surface area contributed by atoms with Gasteiger partial charge in [0.05, 0.1) is 26.2 Å². The highest BCUT2D eigenvalue weighted by Crippen LogP contribution is 2.35. The van der Waals surface area contributed by atoms with Crippen LogP contribution in [0.5, 0.6) is 5.75 Å². The Morgan fingerprint density at radius 1 is 1.37 bits per heavy atom. The van der Waals surface area contributed by atoms with E-state index in [0.29, 0.717) is 36.4 Å². The van der Waals surface area contributed by atoms with Gasteiger partial charge >= 0.3 is 12.0 Å². The number of H-pyrrole nitrogens is 1. The van der Waals surface area contributed by atoms with Gasteiger partial charge in [0, 0.05) is 30.3 Å². The number of halogens is 1. The van der Waals surface area contributed by atoms with Gasteiger partial charge in [-0.3, -0.25) is 0 Å². The quantitative estimate of drug-likeness (QED) is 0.704. The molecule has 30 heavy (non-hydrogen) atoms. The zero-order chi connectivity index (χ0) is 21.8. The number of imidazole rings is 1. The van der Waals surface area contributed by atoms with E-state index in [1.165, 1.54) is 31.5 Å². The van der Waals surface area contributed by atoms with Gasteiger partial charge in [-0.2, -0.15) is 0 Å². The number of urea groups is 1.